The molecule has 1 aliphatic heterocycles. The molecule has 6 heteroatoms. The van der Waals surface area contributed by atoms with E-state index >= 15 is 0 Å². The third-order valence-electron chi connectivity index (χ3n) is 2.86. The number of likely N-dealkylation sites (tertiary alicyclic amines) is 1. The van der Waals surface area contributed by atoms with Crippen LogP contribution < -0.4 is 5.73 Å². The number of rotatable bonds is 3. The summed E-state index contributed by atoms with van der Waals surface area (Å²) in [5.74, 6) is -0.0142. The van der Waals surface area contributed by atoms with E-state index in [4.69, 9.17) is 10.8 Å². The molecule has 2 heterocycles. The molecule has 1 atom stereocenters. The molecule has 1 unspecified atom stereocenters. The van der Waals surface area contributed by atoms with E-state index in [1.165, 1.54) is 10.9 Å². The molecule has 1 aromatic rings. The van der Waals surface area contributed by atoms with Gasteiger partial charge in [-0.3, -0.25) is 9.48 Å². The molecule has 1 aliphatic rings. The Morgan fingerprint density at radius 1 is 1.69 bits per heavy atom. The van der Waals surface area contributed by atoms with Gasteiger partial charge in [-0.2, -0.15) is 5.10 Å². The summed E-state index contributed by atoms with van der Waals surface area (Å²) in [6.07, 6.45) is 4.98. The van der Waals surface area contributed by atoms with Crippen LogP contribution in [0.2, 0.25) is 0 Å². The van der Waals surface area contributed by atoms with Crippen LogP contribution in [-0.4, -0.2) is 44.9 Å². The predicted octanol–water partition coefficient (Wildman–Crippen LogP) is -0.551. The number of anilines is 1. The van der Waals surface area contributed by atoms with Crippen molar-refractivity contribution < 1.29 is 9.90 Å². The van der Waals surface area contributed by atoms with Gasteiger partial charge in [-0.05, 0) is 12.8 Å². The molecule has 16 heavy (non-hydrogen) atoms. The average molecular weight is 224 g/mol. The fraction of sp³-hybridized carbons (Fsp3) is 0.600. The number of hydrogen-bond acceptors (Lipinski definition) is 4. The van der Waals surface area contributed by atoms with E-state index in [-0.39, 0.29) is 25.1 Å². The highest BCUT2D eigenvalue weighted by atomic mass is 16.3. The van der Waals surface area contributed by atoms with Gasteiger partial charge in [-0.25, -0.2) is 0 Å². The Morgan fingerprint density at radius 2 is 2.50 bits per heavy atom. The first kappa shape index (κ1) is 10.9. The first-order valence-corrected chi connectivity index (χ1v) is 5.39. The van der Waals surface area contributed by atoms with Crippen LogP contribution in [0.1, 0.15) is 12.8 Å². The van der Waals surface area contributed by atoms with Crippen LogP contribution in [0.15, 0.2) is 12.4 Å². The summed E-state index contributed by atoms with van der Waals surface area (Å²) in [5.41, 5.74) is 6.06. The van der Waals surface area contributed by atoms with E-state index < -0.39 is 0 Å². The second-order valence-corrected chi connectivity index (χ2v) is 4.04. The van der Waals surface area contributed by atoms with Gasteiger partial charge >= 0.3 is 0 Å². The molecule has 3 N–H and O–H groups in total. The molecule has 0 radical (unpaired) electrons. The summed E-state index contributed by atoms with van der Waals surface area (Å²) in [5, 5.41) is 13.1. The van der Waals surface area contributed by atoms with Crippen molar-refractivity contribution >= 4 is 11.6 Å². The molecular weight excluding hydrogens is 208 g/mol. The molecular formula is C10H16N4O2. The maximum absolute atomic E-state index is 11.9. The molecule has 0 bridgehead atoms. The van der Waals surface area contributed by atoms with Gasteiger partial charge in [0.1, 0.15) is 6.54 Å². The Hall–Kier alpha value is -1.56. The Balaban J connectivity index is 1.97. The van der Waals surface area contributed by atoms with Crippen LogP contribution in [0.5, 0.6) is 0 Å². The zero-order valence-corrected chi connectivity index (χ0v) is 9.04. The van der Waals surface area contributed by atoms with Crippen molar-refractivity contribution in [2.45, 2.75) is 25.4 Å². The van der Waals surface area contributed by atoms with Gasteiger partial charge in [0.2, 0.25) is 5.91 Å². The first-order chi connectivity index (χ1) is 7.70. The number of aromatic nitrogens is 2. The van der Waals surface area contributed by atoms with E-state index in [1.54, 1.807) is 11.1 Å². The summed E-state index contributed by atoms with van der Waals surface area (Å²) in [4.78, 5) is 13.6. The maximum Gasteiger partial charge on any atom is 0.244 e. The number of aliphatic hydroxyl groups is 1. The second kappa shape index (κ2) is 4.52. The summed E-state index contributed by atoms with van der Waals surface area (Å²) < 4.78 is 1.52. The molecule has 0 aliphatic carbocycles. The van der Waals surface area contributed by atoms with Crippen LogP contribution in [0, 0.1) is 0 Å². The van der Waals surface area contributed by atoms with E-state index in [1.807, 2.05) is 0 Å². The zero-order valence-electron chi connectivity index (χ0n) is 9.04. The molecule has 1 aromatic heterocycles. The molecule has 0 spiro atoms. The highest BCUT2D eigenvalue weighted by Crippen LogP contribution is 2.17. The van der Waals surface area contributed by atoms with Gasteiger partial charge in [0.05, 0.1) is 24.5 Å². The van der Waals surface area contributed by atoms with Crippen LogP contribution >= 0.6 is 0 Å². The lowest BCUT2D eigenvalue weighted by atomic mass is 10.2. The van der Waals surface area contributed by atoms with Crippen molar-refractivity contribution in [3.8, 4) is 0 Å². The van der Waals surface area contributed by atoms with Crippen molar-refractivity contribution in [1.82, 2.24) is 14.7 Å². The quantitative estimate of drug-likeness (QED) is 0.721. The Kier molecular flexibility index (Phi) is 3.09. The molecule has 2 rings (SSSR count). The van der Waals surface area contributed by atoms with Gasteiger partial charge in [0.15, 0.2) is 0 Å². The predicted molar refractivity (Wildman–Crippen MR) is 58.5 cm³/mol. The van der Waals surface area contributed by atoms with E-state index in [2.05, 4.69) is 5.10 Å². The molecule has 6 nitrogen and oxygen atoms in total. The lowest BCUT2D eigenvalue weighted by Gasteiger charge is -2.22. The first-order valence-electron chi connectivity index (χ1n) is 5.39. The van der Waals surface area contributed by atoms with E-state index in [0.717, 1.165) is 19.4 Å². The normalized spacial score (nSPS) is 20.3. The van der Waals surface area contributed by atoms with Crippen molar-refractivity contribution in [2.75, 3.05) is 18.9 Å². The minimum Gasteiger partial charge on any atom is -0.396 e. The average Bonchev–Trinajstić information content (AvgIpc) is 2.86. The monoisotopic (exact) mass is 224 g/mol. The van der Waals surface area contributed by atoms with Crippen LogP contribution in [0.4, 0.5) is 5.69 Å². The molecule has 1 amide bonds. The summed E-state index contributed by atoms with van der Waals surface area (Å²) >= 11 is 0. The number of carbonyl (C=O) groups excluding carboxylic acids is 1. The third kappa shape index (κ3) is 2.16. The maximum atomic E-state index is 11.9. The van der Waals surface area contributed by atoms with Crippen molar-refractivity contribution in [1.29, 1.82) is 0 Å². The van der Waals surface area contributed by atoms with E-state index in [0.29, 0.717) is 5.69 Å². The third-order valence-corrected chi connectivity index (χ3v) is 2.86. The van der Waals surface area contributed by atoms with Crippen molar-refractivity contribution in [3.05, 3.63) is 12.4 Å². The summed E-state index contributed by atoms with van der Waals surface area (Å²) in [6.45, 7) is 0.946. The molecule has 88 valence electrons. The minimum absolute atomic E-state index is 0.0142. The number of hydrogen-bond donors (Lipinski definition) is 2. The van der Waals surface area contributed by atoms with Crippen molar-refractivity contribution in [3.63, 3.8) is 0 Å². The fourth-order valence-corrected chi connectivity index (χ4v) is 2.05. The highest BCUT2D eigenvalue weighted by molar-refractivity contribution is 5.76. The smallest absolute Gasteiger partial charge is 0.244 e. The summed E-state index contributed by atoms with van der Waals surface area (Å²) in [6, 6.07) is -0.0274. The molecule has 1 saturated heterocycles. The molecule has 1 fully saturated rings. The summed E-state index contributed by atoms with van der Waals surface area (Å²) in [7, 11) is 0. The second-order valence-electron chi connectivity index (χ2n) is 4.04. The topological polar surface area (TPSA) is 84.4 Å². The van der Waals surface area contributed by atoms with Gasteiger partial charge in [0.25, 0.3) is 0 Å². The minimum atomic E-state index is -0.0274. The number of nitrogens with zero attached hydrogens (tertiary/aromatic N) is 3. The fourth-order valence-electron chi connectivity index (χ4n) is 2.05. The Labute approximate surface area is 93.6 Å². The number of aliphatic hydroxyl groups excluding tert-OH is 1. The lowest BCUT2D eigenvalue weighted by molar-refractivity contribution is -0.133. The number of nitrogen functional groups attached to an aromatic ring is 1. The van der Waals surface area contributed by atoms with E-state index in [9.17, 15) is 4.79 Å². The Morgan fingerprint density at radius 3 is 3.12 bits per heavy atom. The van der Waals surface area contributed by atoms with Crippen LogP contribution in [0.3, 0.4) is 0 Å². The van der Waals surface area contributed by atoms with Gasteiger partial charge in [0, 0.05) is 12.7 Å². The highest BCUT2D eigenvalue weighted by Gasteiger charge is 2.27. The van der Waals surface area contributed by atoms with Crippen LogP contribution in [0.25, 0.3) is 0 Å². The zero-order chi connectivity index (χ0) is 11.5. The van der Waals surface area contributed by atoms with Crippen LogP contribution in [-0.2, 0) is 11.3 Å². The number of carbonyl (C=O) groups is 1. The number of nitrogens with two attached hydrogens (primary N) is 1. The van der Waals surface area contributed by atoms with Gasteiger partial charge < -0.3 is 15.7 Å². The number of amides is 1. The van der Waals surface area contributed by atoms with Gasteiger partial charge in [-0.15, -0.1) is 0 Å². The molecule has 0 aromatic carbocycles. The lowest BCUT2D eigenvalue weighted by Crippen LogP contribution is -2.39. The van der Waals surface area contributed by atoms with Gasteiger partial charge in [-0.1, -0.05) is 0 Å². The standard InChI is InChI=1S/C10H16N4O2/c11-8-4-12-13(5-8)6-10(16)14-3-1-2-9(14)7-15/h4-5,9,15H,1-3,6-7,11H2. The molecule has 0 saturated carbocycles. The SMILES string of the molecule is Nc1cnn(CC(=O)N2CCCC2CO)c1. The largest absolute Gasteiger partial charge is 0.396 e. The van der Waals surface area contributed by atoms with Crippen molar-refractivity contribution in [2.24, 2.45) is 0 Å². The Bertz CT molecular complexity index is 377.